The summed E-state index contributed by atoms with van der Waals surface area (Å²) in [5.41, 5.74) is 5.17. The summed E-state index contributed by atoms with van der Waals surface area (Å²) in [6, 6.07) is 10.9. The highest BCUT2D eigenvalue weighted by Gasteiger charge is 2.28. The van der Waals surface area contributed by atoms with Gasteiger partial charge in [0.15, 0.2) is 0 Å². The van der Waals surface area contributed by atoms with Gasteiger partial charge in [-0.1, -0.05) is 30.7 Å². The Kier molecular flexibility index (Phi) is 8.89. The zero-order valence-electron chi connectivity index (χ0n) is 26.0. The quantitative estimate of drug-likeness (QED) is 0.257. The van der Waals surface area contributed by atoms with Crippen LogP contribution in [0.15, 0.2) is 47.4 Å². The summed E-state index contributed by atoms with van der Waals surface area (Å²) in [7, 11) is 2.16. The van der Waals surface area contributed by atoms with Crippen LogP contribution < -0.4 is 15.8 Å². The molecule has 0 saturated carbocycles. The van der Waals surface area contributed by atoms with Gasteiger partial charge in [-0.15, -0.1) is 0 Å². The van der Waals surface area contributed by atoms with E-state index in [0.29, 0.717) is 28.3 Å². The summed E-state index contributed by atoms with van der Waals surface area (Å²) in [5.74, 6) is -0.124. The van der Waals surface area contributed by atoms with Gasteiger partial charge in [-0.2, -0.15) is 4.98 Å². The molecule has 6 rings (SSSR count). The lowest BCUT2D eigenvalue weighted by Gasteiger charge is -2.35. The number of hydrogen-bond donors (Lipinski definition) is 1. The van der Waals surface area contributed by atoms with Crippen molar-refractivity contribution in [2.24, 2.45) is 0 Å². The maximum atomic E-state index is 14.6. The number of rotatable bonds is 7. The predicted octanol–water partition coefficient (Wildman–Crippen LogP) is 6.41. The number of piperazine rings is 1. The molecule has 0 unspecified atom stereocenters. The molecule has 4 heterocycles. The third-order valence-electron chi connectivity index (χ3n) is 9.11. The maximum absolute atomic E-state index is 14.6. The van der Waals surface area contributed by atoms with Crippen molar-refractivity contribution in [3.63, 3.8) is 0 Å². The Balaban J connectivity index is 1.42. The van der Waals surface area contributed by atoms with E-state index < -0.39 is 5.82 Å². The van der Waals surface area contributed by atoms with Crippen LogP contribution in [-0.4, -0.2) is 77.2 Å². The number of fused-ring (bicyclic) bond motifs is 1. The Morgan fingerprint density at radius 3 is 2.64 bits per heavy atom. The molecule has 10 heteroatoms. The molecule has 2 aromatic heterocycles. The van der Waals surface area contributed by atoms with Crippen LogP contribution in [0.25, 0.3) is 22.2 Å². The van der Waals surface area contributed by atoms with Gasteiger partial charge in [-0.05, 0) is 88.6 Å². The van der Waals surface area contributed by atoms with Crippen LogP contribution in [0, 0.1) is 19.7 Å². The standard InChI is InChI=1S/C34H41ClFN7O/c1-5-13-41-14-7-8-25(21-41)43-32-27(23(3)30(33(43)44)26-9-6-10-28(36)31(26)35)20-37-34(39-32)38-24-11-12-29(22(2)19-24)42-17-15-40(4)16-18-42/h6,9-12,19-20,25H,5,7-8,13-18,21H2,1-4H3,(H,37,38,39)/t25-/m0/s1. The van der Waals surface area contributed by atoms with E-state index in [2.05, 4.69) is 64.1 Å². The summed E-state index contributed by atoms with van der Waals surface area (Å²) in [5, 5.41) is 4.09. The predicted molar refractivity (Wildman–Crippen MR) is 178 cm³/mol. The van der Waals surface area contributed by atoms with Gasteiger partial charge in [0, 0.05) is 61.2 Å². The van der Waals surface area contributed by atoms with E-state index in [1.54, 1.807) is 18.3 Å². The molecule has 0 aliphatic carbocycles. The molecule has 0 spiro atoms. The van der Waals surface area contributed by atoms with Crippen LogP contribution >= 0.6 is 11.6 Å². The molecule has 8 nitrogen and oxygen atoms in total. The monoisotopic (exact) mass is 617 g/mol. The van der Waals surface area contributed by atoms with E-state index in [1.165, 1.54) is 17.3 Å². The number of hydrogen-bond acceptors (Lipinski definition) is 7. The molecule has 0 radical (unpaired) electrons. The lowest BCUT2D eigenvalue weighted by Crippen LogP contribution is -2.44. The molecule has 4 aromatic rings. The second-order valence-corrected chi connectivity index (χ2v) is 12.6. The van der Waals surface area contributed by atoms with E-state index in [4.69, 9.17) is 16.6 Å². The SMILES string of the molecule is CCCN1CCC[C@H](n2c(=O)c(-c3cccc(F)c3Cl)c(C)c3cnc(Nc4ccc(N5CCN(C)CC5)c(C)c4)nc32)C1. The summed E-state index contributed by atoms with van der Waals surface area (Å²) in [4.78, 5) is 31.3. The first kappa shape index (κ1) is 30.5. The van der Waals surface area contributed by atoms with Gasteiger partial charge in [0.1, 0.15) is 11.5 Å². The van der Waals surface area contributed by atoms with Crippen LogP contribution in [0.1, 0.15) is 43.4 Å². The number of halogens is 2. The molecule has 2 aromatic carbocycles. The molecule has 232 valence electrons. The highest BCUT2D eigenvalue weighted by Crippen LogP contribution is 2.35. The number of aryl methyl sites for hydroxylation is 2. The fraction of sp³-hybridized carbons (Fsp3) is 0.441. The number of benzene rings is 2. The topological polar surface area (TPSA) is 69.5 Å². The number of nitrogens with one attached hydrogen (secondary N) is 1. The number of pyridine rings is 1. The van der Waals surface area contributed by atoms with Gasteiger partial charge in [0.05, 0.1) is 16.6 Å². The molecular weight excluding hydrogens is 577 g/mol. The van der Waals surface area contributed by atoms with E-state index in [-0.39, 0.29) is 16.6 Å². The molecule has 1 N–H and O–H groups in total. The van der Waals surface area contributed by atoms with E-state index in [1.807, 2.05) is 11.5 Å². The molecule has 2 saturated heterocycles. The van der Waals surface area contributed by atoms with Gasteiger partial charge in [-0.3, -0.25) is 9.36 Å². The van der Waals surface area contributed by atoms with Gasteiger partial charge in [0.25, 0.3) is 5.56 Å². The van der Waals surface area contributed by atoms with Crippen molar-refractivity contribution in [2.75, 3.05) is 63.1 Å². The largest absolute Gasteiger partial charge is 0.369 e. The number of aromatic nitrogens is 3. The minimum Gasteiger partial charge on any atom is -0.369 e. The summed E-state index contributed by atoms with van der Waals surface area (Å²) in [6.45, 7) is 13.0. The summed E-state index contributed by atoms with van der Waals surface area (Å²) in [6.07, 6.45) is 4.65. The Hall–Kier alpha value is -3.53. The molecule has 44 heavy (non-hydrogen) atoms. The molecule has 0 bridgehead atoms. The van der Waals surface area contributed by atoms with Crippen LogP contribution in [0.2, 0.25) is 5.02 Å². The first-order valence-corrected chi connectivity index (χ1v) is 16.0. The average Bonchev–Trinajstić information content (AvgIpc) is 3.00. The van der Waals surface area contributed by atoms with E-state index in [9.17, 15) is 9.18 Å². The number of piperidine rings is 1. The normalized spacial score (nSPS) is 18.2. The Morgan fingerprint density at radius 2 is 1.89 bits per heavy atom. The van der Waals surface area contributed by atoms with Crippen molar-refractivity contribution in [1.82, 2.24) is 24.3 Å². The molecule has 2 aliphatic heterocycles. The first-order valence-electron chi connectivity index (χ1n) is 15.6. The van der Waals surface area contributed by atoms with Crippen molar-refractivity contribution >= 4 is 40.0 Å². The van der Waals surface area contributed by atoms with E-state index in [0.717, 1.165) is 76.1 Å². The van der Waals surface area contributed by atoms with Gasteiger partial charge < -0.3 is 20.0 Å². The fourth-order valence-corrected chi connectivity index (χ4v) is 6.99. The molecule has 1 atom stereocenters. The lowest BCUT2D eigenvalue weighted by molar-refractivity contribution is 0.178. The minimum absolute atomic E-state index is 0.0514. The zero-order chi connectivity index (χ0) is 31.0. The Morgan fingerprint density at radius 1 is 1.09 bits per heavy atom. The van der Waals surface area contributed by atoms with Crippen molar-refractivity contribution < 1.29 is 4.39 Å². The van der Waals surface area contributed by atoms with Gasteiger partial charge in [0.2, 0.25) is 5.95 Å². The summed E-state index contributed by atoms with van der Waals surface area (Å²) < 4.78 is 16.4. The van der Waals surface area contributed by atoms with Crippen LogP contribution in [0.3, 0.4) is 0 Å². The van der Waals surface area contributed by atoms with Gasteiger partial charge in [-0.25, -0.2) is 9.37 Å². The second-order valence-electron chi connectivity index (χ2n) is 12.2. The number of nitrogens with zero attached hydrogens (tertiary/aromatic N) is 6. The average molecular weight is 618 g/mol. The number of likely N-dealkylation sites (N-methyl/N-ethyl adjacent to an activating group) is 1. The van der Waals surface area contributed by atoms with Crippen LogP contribution in [0.5, 0.6) is 0 Å². The van der Waals surface area contributed by atoms with Crippen LogP contribution in [0.4, 0.5) is 21.7 Å². The van der Waals surface area contributed by atoms with Crippen LogP contribution in [-0.2, 0) is 0 Å². The fourth-order valence-electron chi connectivity index (χ4n) is 6.77. The first-order chi connectivity index (χ1) is 21.2. The van der Waals surface area contributed by atoms with E-state index >= 15 is 0 Å². The smallest absolute Gasteiger partial charge is 0.260 e. The lowest BCUT2D eigenvalue weighted by atomic mass is 9.98. The molecule has 2 aliphatic rings. The third-order valence-corrected chi connectivity index (χ3v) is 9.50. The Labute approximate surface area is 263 Å². The zero-order valence-corrected chi connectivity index (χ0v) is 26.8. The maximum Gasteiger partial charge on any atom is 0.260 e. The second kappa shape index (κ2) is 12.8. The van der Waals surface area contributed by atoms with Crippen molar-refractivity contribution in [2.45, 2.75) is 46.1 Å². The van der Waals surface area contributed by atoms with Gasteiger partial charge >= 0.3 is 0 Å². The molecule has 2 fully saturated rings. The number of likely N-dealkylation sites (tertiary alicyclic amines) is 1. The van der Waals surface area contributed by atoms with Crippen molar-refractivity contribution in [3.05, 3.63) is 74.9 Å². The minimum atomic E-state index is -0.550. The van der Waals surface area contributed by atoms with Crippen molar-refractivity contribution in [3.8, 4) is 11.1 Å². The molecule has 0 amide bonds. The Bertz CT molecular complexity index is 1730. The molecular formula is C34H41ClFN7O. The summed E-state index contributed by atoms with van der Waals surface area (Å²) >= 11 is 6.44. The third kappa shape index (κ3) is 5.93. The van der Waals surface area contributed by atoms with Crippen molar-refractivity contribution in [1.29, 1.82) is 0 Å². The highest BCUT2D eigenvalue weighted by molar-refractivity contribution is 6.33. The highest BCUT2D eigenvalue weighted by atomic mass is 35.5. The number of anilines is 3.